The molecule has 0 spiro atoms. The van der Waals surface area contributed by atoms with E-state index in [1.807, 2.05) is 0 Å². The van der Waals surface area contributed by atoms with Crippen LogP contribution in [0.1, 0.15) is 54.4 Å². The molecule has 0 heterocycles. The molecule has 12 heavy (non-hydrogen) atoms. The fourth-order valence-electron chi connectivity index (χ4n) is 0.697. The Hall–Kier alpha value is -0.460. The van der Waals surface area contributed by atoms with Crippen LogP contribution in [0, 0.1) is 5.92 Å². The fraction of sp³-hybridized carbons (Fsp3) is 0.818. The molecule has 0 aromatic carbocycles. The van der Waals surface area contributed by atoms with Crippen molar-refractivity contribution in [2.75, 3.05) is 0 Å². The quantitative estimate of drug-likeness (QED) is 0.673. The Balaban J connectivity index is 0. The van der Waals surface area contributed by atoms with Crippen molar-refractivity contribution < 1.29 is 0 Å². The Kier molecular flexibility index (Phi) is 10.1. The van der Waals surface area contributed by atoms with Crippen LogP contribution < -0.4 is 5.73 Å². The zero-order chi connectivity index (χ0) is 10.1. The van der Waals surface area contributed by atoms with E-state index in [0.717, 1.165) is 12.1 Å². The molecule has 1 heteroatoms. The van der Waals surface area contributed by atoms with Crippen molar-refractivity contribution in [2.45, 2.75) is 54.4 Å². The maximum Gasteiger partial charge on any atom is 0.00954 e. The van der Waals surface area contributed by atoms with Crippen molar-refractivity contribution in [1.82, 2.24) is 0 Å². The standard InChI is InChI=1S/C8H17N.C3H8/c1-5-7(4)8(9)6(2)3;1-3-2/h6H,5,9H2,1-4H3;3H2,1-2H3/b8-7+;. The van der Waals surface area contributed by atoms with E-state index in [4.69, 9.17) is 5.73 Å². The number of hydrogen-bond acceptors (Lipinski definition) is 1. The highest BCUT2D eigenvalue weighted by Crippen LogP contribution is 2.10. The lowest BCUT2D eigenvalue weighted by atomic mass is 10.0. The lowest BCUT2D eigenvalue weighted by Crippen LogP contribution is -2.07. The van der Waals surface area contributed by atoms with Crippen molar-refractivity contribution in [3.8, 4) is 0 Å². The average molecular weight is 171 g/mol. The van der Waals surface area contributed by atoms with E-state index in [1.54, 1.807) is 0 Å². The van der Waals surface area contributed by atoms with Gasteiger partial charge in [-0.25, -0.2) is 0 Å². The van der Waals surface area contributed by atoms with Gasteiger partial charge in [0.25, 0.3) is 0 Å². The van der Waals surface area contributed by atoms with Gasteiger partial charge in [-0.2, -0.15) is 0 Å². The SMILES string of the molecule is CC/C(C)=C(/N)C(C)C.CCC. The Morgan fingerprint density at radius 2 is 1.50 bits per heavy atom. The van der Waals surface area contributed by atoms with Crippen molar-refractivity contribution in [3.05, 3.63) is 11.3 Å². The highest BCUT2D eigenvalue weighted by molar-refractivity contribution is 5.09. The molecule has 0 unspecified atom stereocenters. The summed E-state index contributed by atoms with van der Waals surface area (Å²) >= 11 is 0. The molecular formula is C11H25N. The molecule has 0 amide bonds. The molecule has 1 nitrogen and oxygen atoms in total. The molecule has 0 aliphatic rings. The molecule has 0 aliphatic heterocycles. The van der Waals surface area contributed by atoms with E-state index < -0.39 is 0 Å². The van der Waals surface area contributed by atoms with Gasteiger partial charge in [-0.15, -0.1) is 0 Å². The summed E-state index contributed by atoms with van der Waals surface area (Å²) in [6.07, 6.45) is 2.32. The van der Waals surface area contributed by atoms with Gasteiger partial charge in [-0.3, -0.25) is 0 Å². The van der Waals surface area contributed by atoms with Crippen LogP contribution in [0.25, 0.3) is 0 Å². The van der Waals surface area contributed by atoms with Crippen molar-refractivity contribution in [1.29, 1.82) is 0 Å². The Morgan fingerprint density at radius 3 is 1.58 bits per heavy atom. The number of rotatable bonds is 2. The first-order valence-corrected chi connectivity index (χ1v) is 4.96. The van der Waals surface area contributed by atoms with E-state index in [-0.39, 0.29) is 0 Å². The van der Waals surface area contributed by atoms with Crippen LogP contribution in [-0.4, -0.2) is 0 Å². The van der Waals surface area contributed by atoms with Gasteiger partial charge in [-0.05, 0) is 19.3 Å². The molecule has 0 radical (unpaired) electrons. The largest absolute Gasteiger partial charge is 0.402 e. The van der Waals surface area contributed by atoms with Crippen molar-refractivity contribution >= 4 is 0 Å². The normalized spacial score (nSPS) is 11.9. The minimum Gasteiger partial charge on any atom is -0.402 e. The van der Waals surface area contributed by atoms with Crippen LogP contribution in [0.5, 0.6) is 0 Å². The second-order valence-corrected chi connectivity index (χ2v) is 3.45. The highest BCUT2D eigenvalue weighted by Gasteiger charge is 1.99. The summed E-state index contributed by atoms with van der Waals surface area (Å²) in [6.45, 7) is 12.7. The summed E-state index contributed by atoms with van der Waals surface area (Å²) in [7, 11) is 0. The Labute approximate surface area is 78.0 Å². The van der Waals surface area contributed by atoms with Crippen LogP contribution in [0.3, 0.4) is 0 Å². The summed E-state index contributed by atoms with van der Waals surface area (Å²) < 4.78 is 0. The average Bonchev–Trinajstić information content (AvgIpc) is 2.03. The maximum absolute atomic E-state index is 5.75. The molecule has 0 atom stereocenters. The summed E-state index contributed by atoms with van der Waals surface area (Å²) in [5.41, 5.74) is 8.13. The smallest absolute Gasteiger partial charge is 0.00954 e. The molecule has 0 fully saturated rings. The topological polar surface area (TPSA) is 26.0 Å². The molecule has 0 aromatic heterocycles. The van der Waals surface area contributed by atoms with E-state index in [9.17, 15) is 0 Å². The molecular weight excluding hydrogens is 146 g/mol. The highest BCUT2D eigenvalue weighted by atomic mass is 14.6. The predicted molar refractivity (Wildman–Crippen MR) is 58.0 cm³/mol. The minimum absolute atomic E-state index is 0.505. The molecule has 0 aliphatic carbocycles. The molecule has 0 saturated carbocycles. The van der Waals surface area contributed by atoms with Crippen LogP contribution >= 0.6 is 0 Å². The molecule has 2 N–H and O–H groups in total. The summed E-state index contributed by atoms with van der Waals surface area (Å²) in [5, 5.41) is 0. The third-order valence-corrected chi connectivity index (χ3v) is 1.65. The van der Waals surface area contributed by atoms with Gasteiger partial charge >= 0.3 is 0 Å². The van der Waals surface area contributed by atoms with Gasteiger partial charge in [0.1, 0.15) is 0 Å². The van der Waals surface area contributed by atoms with Gasteiger partial charge in [0.15, 0.2) is 0 Å². The number of nitrogens with two attached hydrogens (primary N) is 1. The molecule has 74 valence electrons. The second-order valence-electron chi connectivity index (χ2n) is 3.45. The lowest BCUT2D eigenvalue weighted by molar-refractivity contribution is 0.736. The van der Waals surface area contributed by atoms with Crippen LogP contribution in [0.2, 0.25) is 0 Å². The summed E-state index contributed by atoms with van der Waals surface area (Å²) in [6, 6.07) is 0. The lowest BCUT2D eigenvalue weighted by Gasteiger charge is -2.08. The summed E-state index contributed by atoms with van der Waals surface area (Å²) in [5.74, 6) is 0.505. The zero-order valence-electron chi connectivity index (χ0n) is 9.57. The van der Waals surface area contributed by atoms with Gasteiger partial charge in [-0.1, -0.05) is 46.6 Å². The Morgan fingerprint density at radius 1 is 1.17 bits per heavy atom. The maximum atomic E-state index is 5.75. The third kappa shape index (κ3) is 7.64. The van der Waals surface area contributed by atoms with E-state index in [2.05, 4.69) is 41.5 Å². The third-order valence-electron chi connectivity index (χ3n) is 1.65. The molecule has 0 aromatic rings. The summed E-state index contributed by atoms with van der Waals surface area (Å²) in [4.78, 5) is 0. The first-order valence-electron chi connectivity index (χ1n) is 4.96. The minimum atomic E-state index is 0.505. The first-order chi connectivity index (χ1) is 5.51. The molecule has 0 bridgehead atoms. The van der Waals surface area contributed by atoms with Gasteiger partial charge in [0, 0.05) is 5.70 Å². The van der Waals surface area contributed by atoms with Gasteiger partial charge < -0.3 is 5.73 Å². The van der Waals surface area contributed by atoms with Crippen molar-refractivity contribution in [2.24, 2.45) is 11.7 Å². The van der Waals surface area contributed by atoms with Gasteiger partial charge in [0.05, 0.1) is 0 Å². The predicted octanol–water partition coefficient (Wildman–Crippen LogP) is 3.70. The second kappa shape index (κ2) is 8.63. The van der Waals surface area contributed by atoms with Crippen LogP contribution in [0.4, 0.5) is 0 Å². The molecule has 0 rings (SSSR count). The number of hydrogen-bond donors (Lipinski definition) is 1. The zero-order valence-corrected chi connectivity index (χ0v) is 9.57. The monoisotopic (exact) mass is 171 g/mol. The number of allylic oxidation sites excluding steroid dienone is 2. The van der Waals surface area contributed by atoms with Crippen molar-refractivity contribution in [3.63, 3.8) is 0 Å². The van der Waals surface area contributed by atoms with E-state index >= 15 is 0 Å². The fourth-order valence-corrected chi connectivity index (χ4v) is 0.697. The van der Waals surface area contributed by atoms with E-state index in [0.29, 0.717) is 5.92 Å². The first kappa shape index (κ1) is 14.1. The van der Waals surface area contributed by atoms with Gasteiger partial charge in [0.2, 0.25) is 0 Å². The van der Waals surface area contributed by atoms with Crippen LogP contribution in [-0.2, 0) is 0 Å². The van der Waals surface area contributed by atoms with E-state index in [1.165, 1.54) is 12.0 Å². The van der Waals surface area contributed by atoms with Crippen LogP contribution in [0.15, 0.2) is 11.3 Å². The Bertz CT molecular complexity index is 123. The molecule has 0 saturated heterocycles.